The van der Waals surface area contributed by atoms with E-state index in [4.69, 9.17) is 4.74 Å². The SMILES string of the molecule is Oc1ccc2c3c1O[C@H]1[C@@H](O)CCC4(O)[C@@H](C2)N(CC2CCC2)CC[C@]314. The highest BCUT2D eigenvalue weighted by atomic mass is 16.5. The summed E-state index contributed by atoms with van der Waals surface area (Å²) in [6.07, 6.45) is 5.68. The first-order valence-electron chi connectivity index (χ1n) is 10.2. The van der Waals surface area contributed by atoms with E-state index in [0.717, 1.165) is 37.4 Å². The monoisotopic (exact) mass is 357 g/mol. The molecule has 1 spiro atoms. The lowest BCUT2D eigenvalue weighted by molar-refractivity contribution is -0.209. The Morgan fingerprint density at radius 3 is 2.81 bits per heavy atom. The minimum absolute atomic E-state index is 0.0819. The first-order chi connectivity index (χ1) is 12.5. The molecule has 3 aliphatic carbocycles. The van der Waals surface area contributed by atoms with Crippen LogP contribution in [0.25, 0.3) is 0 Å². The van der Waals surface area contributed by atoms with Crippen molar-refractivity contribution in [1.29, 1.82) is 0 Å². The fourth-order valence-corrected chi connectivity index (χ4v) is 6.83. The van der Waals surface area contributed by atoms with Gasteiger partial charge in [0.25, 0.3) is 0 Å². The molecule has 5 aliphatic rings. The van der Waals surface area contributed by atoms with Crippen molar-refractivity contribution in [2.75, 3.05) is 13.1 Å². The third kappa shape index (κ3) is 1.64. The molecule has 2 aliphatic heterocycles. The van der Waals surface area contributed by atoms with Crippen LogP contribution in [0.1, 0.15) is 49.7 Å². The van der Waals surface area contributed by atoms with E-state index in [9.17, 15) is 15.3 Å². The molecule has 6 rings (SSSR count). The van der Waals surface area contributed by atoms with Crippen molar-refractivity contribution in [1.82, 2.24) is 4.90 Å². The van der Waals surface area contributed by atoms with E-state index in [1.807, 2.05) is 6.07 Å². The van der Waals surface area contributed by atoms with Crippen LogP contribution in [-0.4, -0.2) is 57.2 Å². The molecule has 3 N–H and O–H groups in total. The standard InChI is InChI=1S/C21H27NO4/c23-14-5-4-13-10-16-21(25)7-6-15(24)19-20(21,17(13)18(14)26-19)8-9-22(16)11-12-2-1-3-12/h4-5,12,15-16,19,23-25H,1-3,6-11H2/t15-,16+,19-,20-,21?/m0/s1. The summed E-state index contributed by atoms with van der Waals surface area (Å²) in [5, 5.41) is 33.2. The number of hydrogen-bond donors (Lipinski definition) is 3. The average Bonchev–Trinajstić information content (AvgIpc) is 2.93. The predicted molar refractivity (Wildman–Crippen MR) is 95.4 cm³/mol. The molecule has 5 atom stereocenters. The van der Waals surface area contributed by atoms with Crippen LogP contribution in [0.15, 0.2) is 12.1 Å². The minimum Gasteiger partial charge on any atom is -0.504 e. The van der Waals surface area contributed by atoms with Gasteiger partial charge in [0.1, 0.15) is 6.10 Å². The van der Waals surface area contributed by atoms with Crippen LogP contribution in [0.3, 0.4) is 0 Å². The number of ether oxygens (including phenoxy) is 1. The highest BCUT2D eigenvalue weighted by Gasteiger charge is 2.72. The molecule has 26 heavy (non-hydrogen) atoms. The Bertz CT molecular complexity index is 778. The highest BCUT2D eigenvalue weighted by Crippen LogP contribution is 2.65. The van der Waals surface area contributed by atoms with Crippen LogP contribution in [0, 0.1) is 5.92 Å². The Morgan fingerprint density at radius 2 is 2.04 bits per heavy atom. The maximum absolute atomic E-state index is 12.1. The Labute approximate surface area is 153 Å². The number of phenols is 1. The largest absolute Gasteiger partial charge is 0.504 e. The molecule has 2 bridgehead atoms. The van der Waals surface area contributed by atoms with Gasteiger partial charge in [-0.1, -0.05) is 12.5 Å². The van der Waals surface area contributed by atoms with Crippen molar-refractivity contribution < 1.29 is 20.1 Å². The molecule has 2 saturated carbocycles. The van der Waals surface area contributed by atoms with Crippen LogP contribution >= 0.6 is 0 Å². The second kappa shape index (κ2) is 4.94. The number of rotatable bonds is 2. The Hall–Kier alpha value is -1.30. The first-order valence-corrected chi connectivity index (χ1v) is 10.2. The Balaban J connectivity index is 1.52. The van der Waals surface area contributed by atoms with Crippen molar-refractivity contribution in [2.45, 2.75) is 74.2 Å². The van der Waals surface area contributed by atoms with Gasteiger partial charge in [-0.25, -0.2) is 0 Å². The van der Waals surface area contributed by atoms with Crippen molar-refractivity contribution in [3.8, 4) is 11.5 Å². The van der Waals surface area contributed by atoms with Crippen LogP contribution in [-0.2, 0) is 11.8 Å². The van der Waals surface area contributed by atoms with Gasteiger partial charge in [-0.3, -0.25) is 4.90 Å². The van der Waals surface area contributed by atoms with Gasteiger partial charge in [0, 0.05) is 18.2 Å². The molecule has 1 unspecified atom stereocenters. The number of benzene rings is 1. The van der Waals surface area contributed by atoms with Crippen molar-refractivity contribution in [3.63, 3.8) is 0 Å². The van der Waals surface area contributed by atoms with Crippen molar-refractivity contribution in [2.24, 2.45) is 5.92 Å². The summed E-state index contributed by atoms with van der Waals surface area (Å²) < 4.78 is 6.16. The van der Waals surface area contributed by atoms with Gasteiger partial charge in [-0.2, -0.15) is 0 Å². The second-order valence-corrected chi connectivity index (χ2v) is 9.25. The zero-order valence-corrected chi connectivity index (χ0v) is 15.0. The number of piperidine rings is 1. The summed E-state index contributed by atoms with van der Waals surface area (Å²) in [6.45, 7) is 2.02. The summed E-state index contributed by atoms with van der Waals surface area (Å²) in [5.41, 5.74) is 0.712. The molecule has 1 aromatic carbocycles. The van der Waals surface area contributed by atoms with E-state index >= 15 is 0 Å². The van der Waals surface area contributed by atoms with E-state index < -0.39 is 23.2 Å². The van der Waals surface area contributed by atoms with Gasteiger partial charge in [0.15, 0.2) is 11.5 Å². The number of nitrogens with zero attached hydrogens (tertiary/aromatic N) is 1. The van der Waals surface area contributed by atoms with Crippen LogP contribution < -0.4 is 4.74 Å². The number of aliphatic hydroxyl groups is 2. The average molecular weight is 357 g/mol. The molecule has 1 saturated heterocycles. The third-order valence-corrected chi connectivity index (χ3v) is 8.26. The maximum Gasteiger partial charge on any atom is 0.165 e. The van der Waals surface area contributed by atoms with Gasteiger partial charge in [0.2, 0.25) is 0 Å². The fraction of sp³-hybridized carbons (Fsp3) is 0.714. The third-order valence-electron chi connectivity index (χ3n) is 8.26. The number of aliphatic hydroxyl groups excluding tert-OH is 1. The lowest BCUT2D eigenvalue weighted by Crippen LogP contribution is -2.77. The van der Waals surface area contributed by atoms with E-state index in [-0.39, 0.29) is 11.8 Å². The number of hydrogen-bond acceptors (Lipinski definition) is 5. The molecule has 140 valence electrons. The Morgan fingerprint density at radius 1 is 1.19 bits per heavy atom. The van der Waals surface area contributed by atoms with E-state index in [1.165, 1.54) is 24.8 Å². The second-order valence-electron chi connectivity index (χ2n) is 9.25. The summed E-state index contributed by atoms with van der Waals surface area (Å²) >= 11 is 0. The van der Waals surface area contributed by atoms with Crippen molar-refractivity contribution >= 4 is 0 Å². The molecule has 5 heteroatoms. The molecule has 5 nitrogen and oxygen atoms in total. The normalized spacial score (nSPS) is 43.5. The zero-order valence-electron chi connectivity index (χ0n) is 15.0. The lowest BCUT2D eigenvalue weighted by atomic mass is 9.48. The first kappa shape index (κ1) is 15.7. The molecule has 3 fully saturated rings. The molecular weight excluding hydrogens is 330 g/mol. The van der Waals surface area contributed by atoms with Crippen LogP contribution in [0.2, 0.25) is 0 Å². The lowest BCUT2D eigenvalue weighted by Gasteiger charge is -2.64. The van der Waals surface area contributed by atoms with Gasteiger partial charge in [-0.05, 0) is 62.6 Å². The molecular formula is C21H27NO4. The van der Waals surface area contributed by atoms with E-state index in [0.29, 0.717) is 18.6 Å². The molecule has 1 aromatic rings. The minimum atomic E-state index is -0.884. The van der Waals surface area contributed by atoms with Gasteiger partial charge >= 0.3 is 0 Å². The fourth-order valence-electron chi connectivity index (χ4n) is 6.83. The number of likely N-dealkylation sites (tertiary alicyclic amines) is 1. The van der Waals surface area contributed by atoms with E-state index in [1.54, 1.807) is 6.07 Å². The van der Waals surface area contributed by atoms with Gasteiger partial charge in [-0.15, -0.1) is 0 Å². The Kier molecular flexibility index (Phi) is 2.99. The molecule has 0 aromatic heterocycles. The zero-order chi connectivity index (χ0) is 17.7. The smallest absolute Gasteiger partial charge is 0.165 e. The summed E-state index contributed by atoms with van der Waals surface area (Å²) in [4.78, 5) is 2.53. The summed E-state index contributed by atoms with van der Waals surface area (Å²) in [7, 11) is 0. The summed E-state index contributed by atoms with van der Waals surface area (Å²) in [6, 6.07) is 3.80. The van der Waals surface area contributed by atoms with Crippen LogP contribution in [0.4, 0.5) is 0 Å². The van der Waals surface area contributed by atoms with Gasteiger partial charge in [0.05, 0.1) is 17.1 Å². The summed E-state index contributed by atoms with van der Waals surface area (Å²) in [5.74, 6) is 1.42. The highest BCUT2D eigenvalue weighted by molar-refractivity contribution is 5.62. The molecule has 0 radical (unpaired) electrons. The number of aromatic hydroxyl groups is 1. The van der Waals surface area contributed by atoms with Gasteiger partial charge < -0.3 is 20.1 Å². The molecule has 2 heterocycles. The van der Waals surface area contributed by atoms with Crippen molar-refractivity contribution in [3.05, 3.63) is 23.3 Å². The predicted octanol–water partition coefficient (Wildman–Crippen LogP) is 1.71. The maximum atomic E-state index is 12.1. The number of phenolic OH excluding ortho intramolecular Hbond substituents is 1. The van der Waals surface area contributed by atoms with Crippen LogP contribution in [0.5, 0.6) is 11.5 Å². The van der Waals surface area contributed by atoms with E-state index in [2.05, 4.69) is 4.90 Å². The quantitative estimate of drug-likeness (QED) is 0.751. The topological polar surface area (TPSA) is 73.2 Å². The molecule has 0 amide bonds.